The molecule has 0 aliphatic rings. The highest BCUT2D eigenvalue weighted by Gasteiger charge is 2.05. The molecule has 0 fully saturated rings. The van der Waals surface area contributed by atoms with E-state index in [-0.39, 0.29) is 0 Å². The van der Waals surface area contributed by atoms with Crippen LogP contribution in [0.5, 0.6) is 0 Å². The molecule has 0 N–H and O–H groups in total. The van der Waals surface area contributed by atoms with Crippen molar-refractivity contribution in [3.05, 3.63) is 17.5 Å². The number of aryl methyl sites for hydroxylation is 1. The van der Waals surface area contributed by atoms with Crippen LogP contribution in [-0.2, 0) is 6.42 Å². The van der Waals surface area contributed by atoms with Crippen molar-refractivity contribution >= 4 is 0 Å². The summed E-state index contributed by atoms with van der Waals surface area (Å²) >= 11 is 0. The molecule has 1 aromatic rings. The van der Waals surface area contributed by atoms with Gasteiger partial charge in [-0.3, -0.25) is 4.68 Å². The highest BCUT2D eigenvalue weighted by Crippen LogP contribution is 2.10. The predicted molar refractivity (Wildman–Crippen MR) is 46.7 cm³/mol. The minimum absolute atomic E-state index is 0.371. The van der Waals surface area contributed by atoms with E-state index in [4.69, 9.17) is 5.26 Å². The van der Waals surface area contributed by atoms with Crippen LogP contribution in [0.3, 0.4) is 0 Å². The van der Waals surface area contributed by atoms with E-state index < -0.39 is 0 Å². The minimum atomic E-state index is 0.371. The first-order valence-electron chi connectivity index (χ1n) is 4.06. The van der Waals surface area contributed by atoms with Crippen LogP contribution in [0.4, 0.5) is 0 Å². The average Bonchev–Trinajstić information content (AvgIpc) is 2.34. The van der Waals surface area contributed by atoms with Gasteiger partial charge in [0.15, 0.2) is 0 Å². The highest BCUT2D eigenvalue weighted by atomic mass is 15.3. The smallest absolute Gasteiger partial charge is 0.0671 e. The van der Waals surface area contributed by atoms with E-state index in [0.29, 0.717) is 12.5 Å². The van der Waals surface area contributed by atoms with E-state index in [1.807, 2.05) is 17.8 Å². The van der Waals surface area contributed by atoms with Crippen molar-refractivity contribution in [2.75, 3.05) is 0 Å². The molecular weight excluding hydrogens is 150 g/mol. The van der Waals surface area contributed by atoms with E-state index in [1.165, 1.54) is 0 Å². The normalized spacial score (nSPS) is 10.2. The monoisotopic (exact) mass is 163 g/mol. The zero-order valence-corrected chi connectivity index (χ0v) is 7.70. The van der Waals surface area contributed by atoms with Gasteiger partial charge in [-0.15, -0.1) is 0 Å². The zero-order chi connectivity index (χ0) is 9.14. The van der Waals surface area contributed by atoms with E-state index in [2.05, 4.69) is 25.0 Å². The van der Waals surface area contributed by atoms with Crippen molar-refractivity contribution in [3.8, 4) is 6.07 Å². The first-order chi connectivity index (χ1) is 5.65. The van der Waals surface area contributed by atoms with E-state index in [9.17, 15) is 0 Å². The Morgan fingerprint density at radius 1 is 1.67 bits per heavy atom. The van der Waals surface area contributed by atoms with E-state index in [1.54, 1.807) is 0 Å². The Morgan fingerprint density at radius 2 is 2.33 bits per heavy atom. The largest absolute Gasteiger partial charge is 0.270 e. The number of aromatic nitrogens is 2. The summed E-state index contributed by atoms with van der Waals surface area (Å²) in [6.45, 7) is 6.08. The van der Waals surface area contributed by atoms with Crippen molar-refractivity contribution < 1.29 is 0 Å². The third kappa shape index (κ3) is 1.65. The lowest BCUT2D eigenvalue weighted by atomic mass is 10.2. The molecule has 0 unspecified atom stereocenters. The average molecular weight is 163 g/mol. The number of rotatable bonds is 2. The third-order valence-electron chi connectivity index (χ3n) is 1.82. The molecule has 3 heteroatoms. The third-order valence-corrected chi connectivity index (χ3v) is 1.82. The van der Waals surface area contributed by atoms with Gasteiger partial charge in [-0.2, -0.15) is 10.4 Å². The first-order valence-corrected chi connectivity index (χ1v) is 4.06. The standard InChI is InChI=1S/C9H13N3/c1-7(2)12-6-9(4-5-10)8(3)11-12/h6-7H,4H2,1-3H3. The van der Waals surface area contributed by atoms with Gasteiger partial charge < -0.3 is 0 Å². The van der Waals surface area contributed by atoms with Crippen LogP contribution >= 0.6 is 0 Å². The minimum Gasteiger partial charge on any atom is -0.270 e. The molecule has 3 nitrogen and oxygen atoms in total. The summed E-state index contributed by atoms with van der Waals surface area (Å²) in [6, 6.07) is 2.50. The lowest BCUT2D eigenvalue weighted by molar-refractivity contribution is 0.529. The van der Waals surface area contributed by atoms with Crippen molar-refractivity contribution in [2.45, 2.75) is 33.2 Å². The van der Waals surface area contributed by atoms with E-state index >= 15 is 0 Å². The highest BCUT2D eigenvalue weighted by molar-refractivity contribution is 5.19. The summed E-state index contributed by atoms with van der Waals surface area (Å²) in [4.78, 5) is 0. The molecule has 0 aromatic carbocycles. The van der Waals surface area contributed by atoms with Gasteiger partial charge in [-0.05, 0) is 20.8 Å². The lowest BCUT2D eigenvalue weighted by Crippen LogP contribution is -2.00. The molecule has 0 amide bonds. The maximum Gasteiger partial charge on any atom is 0.0671 e. The summed E-state index contributed by atoms with van der Waals surface area (Å²) in [5, 5.41) is 12.8. The maximum atomic E-state index is 8.50. The van der Waals surface area contributed by atoms with Gasteiger partial charge in [-0.25, -0.2) is 0 Å². The van der Waals surface area contributed by atoms with Gasteiger partial charge in [0, 0.05) is 17.8 Å². The SMILES string of the molecule is Cc1nn(C(C)C)cc1CC#N. The molecule has 0 aliphatic heterocycles. The summed E-state index contributed by atoms with van der Waals surface area (Å²) in [5.74, 6) is 0. The van der Waals surface area contributed by atoms with Gasteiger partial charge in [-0.1, -0.05) is 0 Å². The molecule has 0 aliphatic carbocycles. The van der Waals surface area contributed by atoms with Crippen molar-refractivity contribution in [1.82, 2.24) is 9.78 Å². The summed E-state index contributed by atoms with van der Waals surface area (Å²) in [7, 11) is 0. The van der Waals surface area contributed by atoms with Crippen LogP contribution in [0.2, 0.25) is 0 Å². The number of hydrogen-bond acceptors (Lipinski definition) is 2. The van der Waals surface area contributed by atoms with Gasteiger partial charge in [0.2, 0.25) is 0 Å². The van der Waals surface area contributed by atoms with Crippen LogP contribution < -0.4 is 0 Å². The molecular formula is C9H13N3. The van der Waals surface area contributed by atoms with Gasteiger partial charge in [0.25, 0.3) is 0 Å². The number of nitrogens with zero attached hydrogens (tertiary/aromatic N) is 3. The molecule has 0 saturated heterocycles. The Hall–Kier alpha value is -1.30. The second-order valence-electron chi connectivity index (χ2n) is 3.15. The van der Waals surface area contributed by atoms with Gasteiger partial charge >= 0.3 is 0 Å². The summed E-state index contributed by atoms with van der Waals surface area (Å²) in [6.07, 6.45) is 2.40. The molecule has 12 heavy (non-hydrogen) atoms. The molecule has 0 atom stereocenters. The Labute approximate surface area is 72.6 Å². The Kier molecular flexibility index (Phi) is 2.49. The fourth-order valence-corrected chi connectivity index (χ4v) is 1.04. The van der Waals surface area contributed by atoms with Crippen LogP contribution in [0.1, 0.15) is 31.1 Å². The quantitative estimate of drug-likeness (QED) is 0.667. The molecule has 1 heterocycles. The topological polar surface area (TPSA) is 41.6 Å². The zero-order valence-electron chi connectivity index (χ0n) is 7.70. The Balaban J connectivity index is 2.94. The van der Waals surface area contributed by atoms with E-state index in [0.717, 1.165) is 11.3 Å². The van der Waals surface area contributed by atoms with Crippen molar-refractivity contribution in [2.24, 2.45) is 0 Å². The Bertz CT molecular complexity index is 304. The van der Waals surface area contributed by atoms with Crippen molar-refractivity contribution in [1.29, 1.82) is 5.26 Å². The summed E-state index contributed by atoms with van der Waals surface area (Å²) in [5.41, 5.74) is 2.00. The fourth-order valence-electron chi connectivity index (χ4n) is 1.04. The summed E-state index contributed by atoms with van der Waals surface area (Å²) < 4.78 is 1.89. The molecule has 64 valence electrons. The number of nitriles is 1. The van der Waals surface area contributed by atoms with Crippen LogP contribution in [0, 0.1) is 18.3 Å². The molecule has 1 rings (SSSR count). The van der Waals surface area contributed by atoms with Crippen LogP contribution in [-0.4, -0.2) is 9.78 Å². The molecule has 0 bridgehead atoms. The lowest BCUT2D eigenvalue weighted by Gasteiger charge is -2.02. The Morgan fingerprint density at radius 3 is 2.75 bits per heavy atom. The predicted octanol–water partition coefficient (Wildman–Crippen LogP) is 1.84. The number of hydrogen-bond donors (Lipinski definition) is 0. The molecule has 0 radical (unpaired) electrons. The van der Waals surface area contributed by atoms with Crippen LogP contribution in [0.15, 0.2) is 6.20 Å². The van der Waals surface area contributed by atoms with Gasteiger partial charge in [0.05, 0.1) is 18.2 Å². The van der Waals surface area contributed by atoms with Gasteiger partial charge in [0.1, 0.15) is 0 Å². The second kappa shape index (κ2) is 3.40. The maximum absolute atomic E-state index is 8.50. The second-order valence-corrected chi connectivity index (χ2v) is 3.15. The first kappa shape index (κ1) is 8.79. The van der Waals surface area contributed by atoms with Crippen molar-refractivity contribution in [3.63, 3.8) is 0 Å². The fraction of sp³-hybridized carbons (Fsp3) is 0.556. The molecule has 0 spiro atoms. The molecule has 0 saturated carbocycles. The van der Waals surface area contributed by atoms with Crippen LogP contribution in [0.25, 0.3) is 0 Å². The molecule has 1 aromatic heterocycles.